The average molecular weight is 343 g/mol. The van der Waals surface area contributed by atoms with Crippen molar-refractivity contribution in [1.29, 1.82) is 0 Å². The number of hydrogen-bond donors (Lipinski definition) is 0. The maximum atomic E-state index is 4.70. The van der Waals surface area contributed by atoms with Crippen molar-refractivity contribution >= 4 is 32.7 Å². The fourth-order valence-corrected chi connectivity index (χ4v) is 4.09. The first-order valence-electron chi connectivity index (χ1n) is 9.04. The van der Waals surface area contributed by atoms with Gasteiger partial charge in [-0.25, -0.2) is 0 Å². The molecule has 0 amide bonds. The van der Waals surface area contributed by atoms with Crippen molar-refractivity contribution in [2.24, 2.45) is 5.10 Å². The summed E-state index contributed by atoms with van der Waals surface area (Å²) in [5.41, 5.74) is 3.98. The third kappa shape index (κ3) is 4.27. The molecule has 0 saturated heterocycles. The monoisotopic (exact) mass is 342 g/mol. The van der Waals surface area contributed by atoms with Gasteiger partial charge in [-0.15, -0.1) is 11.3 Å². The van der Waals surface area contributed by atoms with Crippen LogP contribution in [0.5, 0.6) is 0 Å². The molecular formula is C21H30N2S. The zero-order chi connectivity index (χ0) is 17.7. The largest absolute Gasteiger partial charge is 0.273 e. The number of hydrogen-bond acceptors (Lipinski definition) is 3. The van der Waals surface area contributed by atoms with E-state index in [4.69, 9.17) is 5.10 Å². The summed E-state index contributed by atoms with van der Waals surface area (Å²) in [6.07, 6.45) is 4.23. The standard InChI is InChI=1S/C21H30N2S/c1-7-16(6)22-23(9-3)14-17(8-2)20-13-18-11-10-12-19(15(4)5)21(18)24-20/h10-15H,7-9H2,1-6H3/b17-14+,22-16+. The molecule has 2 aromatic rings. The summed E-state index contributed by atoms with van der Waals surface area (Å²) in [5.74, 6) is 0.554. The van der Waals surface area contributed by atoms with Crippen LogP contribution in [0.3, 0.4) is 0 Å². The zero-order valence-corrected chi connectivity index (χ0v) is 16.7. The lowest BCUT2D eigenvalue weighted by molar-refractivity contribution is 0.421. The van der Waals surface area contributed by atoms with Crippen molar-refractivity contribution in [2.45, 2.75) is 60.3 Å². The number of allylic oxidation sites excluding steroid dienone is 1. The van der Waals surface area contributed by atoms with Gasteiger partial charge in [0.1, 0.15) is 0 Å². The van der Waals surface area contributed by atoms with Gasteiger partial charge in [0.25, 0.3) is 0 Å². The first-order valence-corrected chi connectivity index (χ1v) is 9.85. The molecule has 1 aromatic heterocycles. The number of thiophene rings is 1. The Morgan fingerprint density at radius 2 is 1.96 bits per heavy atom. The van der Waals surface area contributed by atoms with Gasteiger partial charge in [0.05, 0.1) is 0 Å². The summed E-state index contributed by atoms with van der Waals surface area (Å²) in [6.45, 7) is 14.1. The van der Waals surface area contributed by atoms with Gasteiger partial charge in [0.2, 0.25) is 0 Å². The van der Waals surface area contributed by atoms with Gasteiger partial charge in [-0.2, -0.15) is 5.10 Å². The van der Waals surface area contributed by atoms with Crippen LogP contribution in [-0.2, 0) is 0 Å². The Labute approximate surface area is 150 Å². The Kier molecular flexibility index (Phi) is 6.61. The van der Waals surface area contributed by atoms with E-state index in [2.05, 4.69) is 77.0 Å². The third-order valence-electron chi connectivity index (χ3n) is 4.33. The lowest BCUT2D eigenvalue weighted by Gasteiger charge is -2.15. The summed E-state index contributed by atoms with van der Waals surface area (Å²) in [4.78, 5) is 1.36. The SMILES string of the molecule is CC/C(=C\N(CC)/N=C(\C)CC)c1cc2cccc(C(C)C)c2s1. The normalized spacial score (nSPS) is 13.1. The molecule has 0 unspecified atom stereocenters. The molecule has 0 aliphatic heterocycles. The van der Waals surface area contributed by atoms with Crippen LogP contribution in [-0.4, -0.2) is 17.3 Å². The van der Waals surface area contributed by atoms with Gasteiger partial charge < -0.3 is 0 Å². The molecule has 0 N–H and O–H groups in total. The van der Waals surface area contributed by atoms with E-state index in [9.17, 15) is 0 Å². The molecule has 2 nitrogen and oxygen atoms in total. The molecule has 0 fully saturated rings. The van der Waals surface area contributed by atoms with Crippen molar-refractivity contribution in [3.63, 3.8) is 0 Å². The highest BCUT2D eigenvalue weighted by Crippen LogP contribution is 2.36. The molecule has 24 heavy (non-hydrogen) atoms. The molecule has 0 saturated carbocycles. The number of nitrogens with zero attached hydrogens (tertiary/aromatic N) is 2. The minimum absolute atomic E-state index is 0.554. The van der Waals surface area contributed by atoms with E-state index in [1.54, 1.807) is 0 Å². The van der Waals surface area contributed by atoms with Crippen LogP contribution >= 0.6 is 11.3 Å². The summed E-state index contributed by atoms with van der Waals surface area (Å²) in [6, 6.07) is 9.00. The quantitative estimate of drug-likeness (QED) is 0.395. The minimum atomic E-state index is 0.554. The van der Waals surface area contributed by atoms with E-state index in [1.165, 1.54) is 31.8 Å². The molecule has 0 spiro atoms. The Morgan fingerprint density at radius 1 is 1.21 bits per heavy atom. The summed E-state index contributed by atoms with van der Waals surface area (Å²) >= 11 is 1.92. The molecule has 0 aliphatic rings. The number of fused-ring (bicyclic) bond motifs is 1. The van der Waals surface area contributed by atoms with Crippen LogP contribution in [0, 0.1) is 0 Å². The Hall–Kier alpha value is -1.61. The van der Waals surface area contributed by atoms with Gasteiger partial charge >= 0.3 is 0 Å². The topological polar surface area (TPSA) is 15.6 Å². The maximum Gasteiger partial charge on any atom is 0.0383 e. The lowest BCUT2D eigenvalue weighted by atomic mass is 10.0. The molecule has 1 aromatic carbocycles. The first kappa shape index (κ1) is 18.7. The van der Waals surface area contributed by atoms with Crippen LogP contribution in [0.25, 0.3) is 15.7 Å². The average Bonchev–Trinajstić information content (AvgIpc) is 3.01. The van der Waals surface area contributed by atoms with Crippen molar-refractivity contribution in [2.75, 3.05) is 6.54 Å². The van der Waals surface area contributed by atoms with E-state index in [1.807, 2.05) is 11.3 Å². The predicted molar refractivity (Wildman–Crippen MR) is 110 cm³/mol. The van der Waals surface area contributed by atoms with Gasteiger partial charge in [0.15, 0.2) is 0 Å². The van der Waals surface area contributed by atoms with Crippen LogP contribution in [0.2, 0.25) is 0 Å². The van der Waals surface area contributed by atoms with Gasteiger partial charge in [-0.3, -0.25) is 5.01 Å². The van der Waals surface area contributed by atoms with Gasteiger partial charge in [-0.05, 0) is 55.2 Å². The zero-order valence-electron chi connectivity index (χ0n) is 15.9. The molecule has 0 bridgehead atoms. The number of hydrazone groups is 1. The summed E-state index contributed by atoms with van der Waals surface area (Å²) < 4.78 is 1.43. The molecule has 0 atom stereocenters. The van der Waals surface area contributed by atoms with Crippen molar-refractivity contribution in [1.82, 2.24) is 5.01 Å². The van der Waals surface area contributed by atoms with Crippen LogP contribution in [0.1, 0.15) is 70.7 Å². The van der Waals surface area contributed by atoms with Gasteiger partial charge in [0, 0.05) is 28.0 Å². The minimum Gasteiger partial charge on any atom is -0.273 e. The highest BCUT2D eigenvalue weighted by atomic mass is 32.1. The number of rotatable bonds is 7. The van der Waals surface area contributed by atoms with Crippen LogP contribution in [0.4, 0.5) is 0 Å². The Balaban J connectivity index is 2.45. The van der Waals surface area contributed by atoms with Crippen molar-refractivity contribution < 1.29 is 0 Å². The highest BCUT2D eigenvalue weighted by Gasteiger charge is 2.11. The van der Waals surface area contributed by atoms with Crippen molar-refractivity contribution in [3.8, 4) is 0 Å². The second-order valence-corrected chi connectivity index (χ2v) is 7.54. The molecule has 3 heteroatoms. The molecule has 1 heterocycles. The second-order valence-electron chi connectivity index (χ2n) is 6.48. The summed E-state index contributed by atoms with van der Waals surface area (Å²) in [7, 11) is 0. The molecule has 0 radical (unpaired) electrons. The number of benzene rings is 1. The predicted octanol–water partition coefficient (Wildman–Crippen LogP) is 6.88. The van der Waals surface area contributed by atoms with E-state index in [0.29, 0.717) is 5.92 Å². The Morgan fingerprint density at radius 3 is 2.54 bits per heavy atom. The Bertz CT molecular complexity index is 737. The third-order valence-corrected chi connectivity index (χ3v) is 5.61. The molecule has 130 valence electrons. The molecule has 2 rings (SSSR count). The van der Waals surface area contributed by atoms with Crippen LogP contribution < -0.4 is 0 Å². The summed E-state index contributed by atoms with van der Waals surface area (Å²) in [5, 5.41) is 8.14. The fourth-order valence-electron chi connectivity index (χ4n) is 2.69. The van der Waals surface area contributed by atoms with E-state index < -0.39 is 0 Å². The molecular weight excluding hydrogens is 312 g/mol. The fraction of sp³-hybridized carbons (Fsp3) is 0.476. The lowest BCUT2D eigenvalue weighted by Crippen LogP contribution is -2.12. The van der Waals surface area contributed by atoms with Gasteiger partial charge in [-0.1, -0.05) is 45.9 Å². The smallest absolute Gasteiger partial charge is 0.0383 e. The first-order chi connectivity index (χ1) is 11.5. The van der Waals surface area contributed by atoms with E-state index >= 15 is 0 Å². The molecule has 0 aliphatic carbocycles. The van der Waals surface area contributed by atoms with Crippen molar-refractivity contribution in [3.05, 3.63) is 40.9 Å². The van der Waals surface area contributed by atoms with E-state index in [0.717, 1.165) is 19.4 Å². The maximum absolute atomic E-state index is 4.70. The van der Waals surface area contributed by atoms with Crippen LogP contribution in [0.15, 0.2) is 35.6 Å². The second kappa shape index (κ2) is 8.48. The highest BCUT2D eigenvalue weighted by molar-refractivity contribution is 7.20. The van der Waals surface area contributed by atoms with E-state index in [-0.39, 0.29) is 0 Å².